The third-order valence-corrected chi connectivity index (χ3v) is 3.74. The Hall–Kier alpha value is -2.65. The lowest BCUT2D eigenvalue weighted by atomic mass is 9.92. The molecule has 2 rings (SSSR count). The van der Waals surface area contributed by atoms with E-state index in [1.54, 1.807) is 0 Å². The van der Waals surface area contributed by atoms with Gasteiger partial charge in [0.15, 0.2) is 0 Å². The highest BCUT2D eigenvalue weighted by atomic mass is 19.4. The van der Waals surface area contributed by atoms with E-state index in [1.165, 1.54) is 6.07 Å². The molecule has 0 radical (unpaired) electrons. The van der Waals surface area contributed by atoms with Crippen molar-refractivity contribution in [2.24, 2.45) is 5.41 Å². The summed E-state index contributed by atoms with van der Waals surface area (Å²) in [5, 5.41) is 13.7. The van der Waals surface area contributed by atoms with Gasteiger partial charge >= 0.3 is 12.1 Å². The van der Waals surface area contributed by atoms with E-state index in [2.05, 4.69) is 5.32 Å². The lowest BCUT2D eigenvalue weighted by molar-refractivity contribution is -0.383. The van der Waals surface area contributed by atoms with Crippen LogP contribution in [0, 0.1) is 15.5 Å². The molecule has 0 aromatic heterocycles. The van der Waals surface area contributed by atoms with Gasteiger partial charge in [0.1, 0.15) is 5.69 Å². The second-order valence-electron chi connectivity index (χ2n) is 7.25. The quantitative estimate of drug-likeness (QED) is 0.649. The van der Waals surface area contributed by atoms with Crippen LogP contribution >= 0.6 is 0 Å². The Balaban J connectivity index is 2.38. The number of halogens is 3. The third kappa shape index (κ3) is 4.30. The van der Waals surface area contributed by atoms with Crippen molar-refractivity contribution in [2.45, 2.75) is 39.8 Å². The highest BCUT2D eigenvalue weighted by Crippen LogP contribution is 2.39. The van der Waals surface area contributed by atoms with Gasteiger partial charge < -0.3 is 10.2 Å². The standard InChI is InChI=1S/C16H18F3N3O4/c1-15(2,3)8-13(23)20-10-6-9-4-5-21(14(24)16(17,18)19)11(9)7-12(10)22(25)26/h6-7H,4-5,8H2,1-3H3,(H,20,23). The molecule has 1 aliphatic heterocycles. The first-order valence-corrected chi connectivity index (χ1v) is 7.79. The Kier molecular flexibility index (Phi) is 4.98. The van der Waals surface area contributed by atoms with E-state index in [9.17, 15) is 32.9 Å². The zero-order valence-corrected chi connectivity index (χ0v) is 14.4. The van der Waals surface area contributed by atoms with Crippen LogP contribution in [-0.4, -0.2) is 29.5 Å². The molecule has 0 fully saturated rings. The Labute approximate surface area is 147 Å². The monoisotopic (exact) mass is 373 g/mol. The molecule has 1 aliphatic rings. The molecule has 26 heavy (non-hydrogen) atoms. The molecule has 1 aromatic carbocycles. The van der Waals surface area contributed by atoms with Gasteiger partial charge in [-0.1, -0.05) is 20.8 Å². The molecule has 1 N–H and O–H groups in total. The molecule has 0 saturated carbocycles. The summed E-state index contributed by atoms with van der Waals surface area (Å²) in [6.45, 7) is 5.24. The lowest BCUT2D eigenvalue weighted by Gasteiger charge is -2.19. The first-order valence-electron chi connectivity index (χ1n) is 7.79. The summed E-state index contributed by atoms with van der Waals surface area (Å²) in [6, 6.07) is 2.16. The number of hydrogen-bond acceptors (Lipinski definition) is 4. The second kappa shape index (κ2) is 6.58. The van der Waals surface area contributed by atoms with Crippen LogP contribution in [0.4, 0.5) is 30.2 Å². The molecule has 1 aromatic rings. The van der Waals surface area contributed by atoms with E-state index in [0.717, 1.165) is 6.07 Å². The maximum atomic E-state index is 12.7. The van der Waals surface area contributed by atoms with Crippen molar-refractivity contribution in [1.82, 2.24) is 0 Å². The van der Waals surface area contributed by atoms with Gasteiger partial charge in [-0.3, -0.25) is 19.7 Å². The number of nitro benzene ring substituents is 1. The van der Waals surface area contributed by atoms with Crippen molar-refractivity contribution in [3.8, 4) is 0 Å². The molecule has 0 saturated heterocycles. The summed E-state index contributed by atoms with van der Waals surface area (Å²) in [5.74, 6) is -2.52. The van der Waals surface area contributed by atoms with Crippen molar-refractivity contribution in [3.63, 3.8) is 0 Å². The predicted octanol–water partition coefficient (Wildman–Crippen LogP) is 3.42. The van der Waals surface area contributed by atoms with Crippen molar-refractivity contribution in [2.75, 3.05) is 16.8 Å². The Morgan fingerprint density at radius 2 is 1.88 bits per heavy atom. The van der Waals surface area contributed by atoms with E-state index in [-0.39, 0.29) is 36.2 Å². The van der Waals surface area contributed by atoms with E-state index >= 15 is 0 Å². The summed E-state index contributed by atoms with van der Waals surface area (Å²) in [4.78, 5) is 34.5. The smallest absolute Gasteiger partial charge is 0.320 e. The molecular weight excluding hydrogens is 355 g/mol. The summed E-state index contributed by atoms with van der Waals surface area (Å²) >= 11 is 0. The fourth-order valence-electron chi connectivity index (χ4n) is 2.72. The average molecular weight is 373 g/mol. The molecule has 2 amide bonds. The number of carbonyl (C=O) groups is 2. The molecule has 7 nitrogen and oxygen atoms in total. The predicted molar refractivity (Wildman–Crippen MR) is 87.9 cm³/mol. The Bertz CT molecular complexity index is 769. The van der Waals surface area contributed by atoms with Crippen LogP contribution in [0.1, 0.15) is 32.8 Å². The number of nitro groups is 1. The van der Waals surface area contributed by atoms with Crippen molar-refractivity contribution in [3.05, 3.63) is 27.8 Å². The van der Waals surface area contributed by atoms with Crippen LogP contribution in [-0.2, 0) is 16.0 Å². The van der Waals surface area contributed by atoms with E-state index < -0.39 is 28.6 Å². The van der Waals surface area contributed by atoms with Gasteiger partial charge in [-0.2, -0.15) is 13.2 Å². The number of carbonyl (C=O) groups excluding carboxylic acids is 2. The minimum Gasteiger partial charge on any atom is -0.320 e. The minimum atomic E-state index is -5.07. The van der Waals surface area contributed by atoms with E-state index in [1.807, 2.05) is 20.8 Å². The van der Waals surface area contributed by atoms with Gasteiger partial charge in [0, 0.05) is 19.0 Å². The van der Waals surface area contributed by atoms with Crippen molar-refractivity contribution < 1.29 is 27.7 Å². The number of benzene rings is 1. The van der Waals surface area contributed by atoms with Gasteiger partial charge in [-0.05, 0) is 23.5 Å². The normalized spacial score (nSPS) is 14.2. The zero-order chi connectivity index (χ0) is 19.9. The number of fused-ring (bicyclic) bond motifs is 1. The van der Waals surface area contributed by atoms with Crippen LogP contribution in [0.2, 0.25) is 0 Å². The molecule has 10 heteroatoms. The highest BCUT2D eigenvalue weighted by molar-refractivity contribution is 6.01. The van der Waals surface area contributed by atoms with Crippen molar-refractivity contribution in [1.29, 1.82) is 0 Å². The number of nitrogens with zero attached hydrogens (tertiary/aromatic N) is 2. The summed E-state index contributed by atoms with van der Waals surface area (Å²) < 4.78 is 38.0. The van der Waals surface area contributed by atoms with Crippen LogP contribution in [0.3, 0.4) is 0 Å². The third-order valence-electron chi connectivity index (χ3n) is 3.74. The Morgan fingerprint density at radius 3 is 2.38 bits per heavy atom. The molecular formula is C16H18F3N3O4. The van der Waals surface area contributed by atoms with E-state index in [0.29, 0.717) is 10.5 Å². The van der Waals surface area contributed by atoms with Crippen molar-refractivity contribution >= 4 is 28.9 Å². The van der Waals surface area contributed by atoms with Crippen LogP contribution in [0.25, 0.3) is 0 Å². The summed E-state index contributed by atoms with van der Waals surface area (Å²) in [7, 11) is 0. The largest absolute Gasteiger partial charge is 0.471 e. The molecule has 0 unspecified atom stereocenters. The highest BCUT2D eigenvalue weighted by Gasteiger charge is 2.45. The number of hydrogen-bond donors (Lipinski definition) is 1. The molecule has 0 bridgehead atoms. The Morgan fingerprint density at radius 1 is 1.27 bits per heavy atom. The van der Waals surface area contributed by atoms with Gasteiger partial charge in [-0.15, -0.1) is 0 Å². The maximum absolute atomic E-state index is 12.7. The van der Waals surface area contributed by atoms with Crippen LogP contribution < -0.4 is 10.2 Å². The number of anilines is 2. The number of rotatable bonds is 3. The zero-order valence-electron chi connectivity index (χ0n) is 14.4. The minimum absolute atomic E-state index is 0.0932. The number of amides is 2. The summed E-state index contributed by atoms with van der Waals surface area (Å²) in [6.07, 6.45) is -4.85. The molecule has 0 aliphatic carbocycles. The molecule has 0 atom stereocenters. The fraction of sp³-hybridized carbons (Fsp3) is 0.500. The average Bonchev–Trinajstić information content (AvgIpc) is 2.84. The van der Waals surface area contributed by atoms with Crippen LogP contribution in [0.5, 0.6) is 0 Å². The van der Waals surface area contributed by atoms with Crippen LogP contribution in [0.15, 0.2) is 12.1 Å². The SMILES string of the molecule is CC(C)(C)CC(=O)Nc1cc2c(cc1[N+](=O)[O-])N(C(=O)C(F)(F)F)CC2. The molecule has 142 valence electrons. The van der Waals surface area contributed by atoms with Gasteiger partial charge in [0.2, 0.25) is 5.91 Å². The van der Waals surface area contributed by atoms with Gasteiger partial charge in [-0.25, -0.2) is 0 Å². The molecule has 1 heterocycles. The summed E-state index contributed by atoms with van der Waals surface area (Å²) in [5.41, 5.74) is -0.824. The van der Waals surface area contributed by atoms with Gasteiger partial charge in [0.25, 0.3) is 5.69 Å². The van der Waals surface area contributed by atoms with E-state index in [4.69, 9.17) is 0 Å². The topological polar surface area (TPSA) is 92.5 Å². The number of alkyl halides is 3. The second-order valence-corrected chi connectivity index (χ2v) is 7.25. The fourth-order valence-corrected chi connectivity index (χ4v) is 2.72. The maximum Gasteiger partial charge on any atom is 0.471 e. The molecule has 0 spiro atoms. The lowest BCUT2D eigenvalue weighted by Crippen LogP contribution is -2.40. The first kappa shape index (κ1) is 19.7. The van der Waals surface area contributed by atoms with Gasteiger partial charge in [0.05, 0.1) is 10.6 Å². The first-order chi connectivity index (χ1) is 11.8. The number of nitrogens with one attached hydrogen (secondary N) is 1.